The summed E-state index contributed by atoms with van der Waals surface area (Å²) in [4.78, 5) is 53.4. The zero-order chi connectivity index (χ0) is 41.1. The van der Waals surface area contributed by atoms with Crippen LogP contribution in [0.4, 0.5) is 0 Å². The molecule has 5 aliphatic heterocycles. The van der Waals surface area contributed by atoms with Gasteiger partial charge in [0.1, 0.15) is 5.41 Å². The number of nitrogens with zero attached hydrogens (tertiary/aromatic N) is 3. The van der Waals surface area contributed by atoms with Crippen LogP contribution in [0.3, 0.4) is 0 Å². The van der Waals surface area contributed by atoms with Crippen LogP contribution in [0.2, 0.25) is 0 Å². The third-order valence-corrected chi connectivity index (χ3v) is 15.9. The van der Waals surface area contributed by atoms with Gasteiger partial charge in [-0.05, 0) is 96.1 Å². The van der Waals surface area contributed by atoms with Crippen molar-refractivity contribution in [2.45, 2.75) is 88.3 Å². The number of H-pyrrole nitrogens is 1. The number of rotatable bonds is 7. The normalized spacial score (nSPS) is 38.6. The van der Waals surface area contributed by atoms with Gasteiger partial charge in [-0.25, -0.2) is 4.79 Å². The zero-order valence-corrected chi connectivity index (χ0v) is 36.6. The van der Waals surface area contributed by atoms with Crippen molar-refractivity contribution in [1.82, 2.24) is 19.7 Å². The Morgan fingerprint density at radius 1 is 1.03 bits per heavy atom. The number of ether oxygens (including phenoxy) is 4. The van der Waals surface area contributed by atoms with E-state index in [0.29, 0.717) is 38.9 Å². The Hall–Kier alpha value is -3.50. The Bertz CT molecular complexity index is 2210. The molecule has 13 heteroatoms. The number of fused-ring (bicyclic) bond motifs is 6. The highest BCUT2D eigenvalue weighted by Gasteiger charge is 2.81. The molecule has 12 nitrogen and oxygen atoms in total. The molecular weight excluding hydrogens is 851 g/mol. The van der Waals surface area contributed by atoms with Crippen molar-refractivity contribution in [2.75, 3.05) is 54.6 Å². The second kappa shape index (κ2) is 14.0. The maximum Gasteiger partial charge on any atom is 0.344 e. The Balaban J connectivity index is 1.34. The fourth-order valence-corrected chi connectivity index (χ4v) is 13.8. The maximum atomic E-state index is 15.3. The van der Waals surface area contributed by atoms with Gasteiger partial charge in [-0.1, -0.05) is 43.7 Å². The van der Waals surface area contributed by atoms with E-state index in [4.69, 9.17) is 18.9 Å². The monoisotopic (exact) mass is 906 g/mol. The van der Waals surface area contributed by atoms with E-state index in [9.17, 15) is 14.7 Å². The number of benzene rings is 1. The van der Waals surface area contributed by atoms with E-state index in [2.05, 4.69) is 92.9 Å². The van der Waals surface area contributed by atoms with Crippen LogP contribution in [-0.2, 0) is 45.3 Å². The van der Waals surface area contributed by atoms with Gasteiger partial charge in [-0.3, -0.25) is 19.4 Å². The molecule has 2 saturated heterocycles. The Morgan fingerprint density at radius 3 is 2.50 bits per heavy atom. The van der Waals surface area contributed by atoms with Gasteiger partial charge in [0.25, 0.3) is 0 Å². The Morgan fingerprint density at radius 2 is 1.81 bits per heavy atom. The average molecular weight is 907 g/mol. The molecule has 4 unspecified atom stereocenters. The molecule has 1 aromatic carbocycles. The van der Waals surface area contributed by atoms with Crippen LogP contribution in [0.25, 0.3) is 10.9 Å². The quantitative estimate of drug-likeness (QED) is 0.169. The van der Waals surface area contributed by atoms with Crippen molar-refractivity contribution in [2.24, 2.45) is 22.7 Å². The predicted octanol–water partition coefficient (Wildman–Crippen LogP) is 5.00. The first-order chi connectivity index (χ1) is 27.8. The Kier molecular flexibility index (Phi) is 9.66. The molecule has 2 bridgehead atoms. The first kappa shape index (κ1) is 39.9. The molecule has 0 amide bonds. The molecule has 2 N–H and O–H groups in total. The number of halogens is 1. The fourth-order valence-electron chi connectivity index (χ4n) is 13.3. The molecule has 310 valence electrons. The summed E-state index contributed by atoms with van der Waals surface area (Å²) in [7, 11) is 6.34. The lowest BCUT2D eigenvalue weighted by Gasteiger charge is -2.63. The summed E-state index contributed by atoms with van der Waals surface area (Å²) in [6.07, 6.45) is 11.6. The van der Waals surface area contributed by atoms with Gasteiger partial charge in [0.15, 0.2) is 6.10 Å². The van der Waals surface area contributed by atoms with Gasteiger partial charge in [-0.2, -0.15) is 0 Å². The zero-order valence-electron chi connectivity index (χ0n) is 34.5. The summed E-state index contributed by atoms with van der Waals surface area (Å²) in [5.41, 5.74) is 0.797. The van der Waals surface area contributed by atoms with Gasteiger partial charge in [0.2, 0.25) is 5.60 Å². The van der Waals surface area contributed by atoms with Crippen molar-refractivity contribution in [3.63, 3.8) is 0 Å². The van der Waals surface area contributed by atoms with Crippen LogP contribution >= 0.6 is 22.6 Å². The number of esters is 3. The SMILES string of the molecule is CCC1=C[C@H]2CN(C1)Cc1c([nH]c3ccc(I)cc13)[C@@](C(=O)OC)(C1C=C3C(=CC1OC)N(C)[C@@H]1C34CCN3CC=C[C@](CC)([C@H]34)[C@@H](OC(C)=O)[C@]1(O)C(=O)OC)C2. The van der Waals surface area contributed by atoms with Crippen LogP contribution in [0.5, 0.6) is 0 Å². The lowest BCUT2D eigenvalue weighted by atomic mass is 9.47. The Labute approximate surface area is 353 Å². The summed E-state index contributed by atoms with van der Waals surface area (Å²) in [6, 6.07) is 5.27. The molecule has 0 radical (unpaired) electrons. The van der Waals surface area contributed by atoms with Crippen molar-refractivity contribution < 1.29 is 38.4 Å². The molecular formula is C45H55IN4O8. The molecule has 1 spiro atoms. The van der Waals surface area contributed by atoms with E-state index >= 15 is 4.79 Å². The molecule has 2 aliphatic carbocycles. The molecule has 9 rings (SSSR count). The highest BCUT2D eigenvalue weighted by molar-refractivity contribution is 14.1. The minimum Gasteiger partial charge on any atom is -0.468 e. The van der Waals surface area contributed by atoms with E-state index in [-0.39, 0.29) is 17.9 Å². The number of aromatic amines is 1. The van der Waals surface area contributed by atoms with E-state index in [0.717, 1.165) is 56.5 Å². The lowest BCUT2D eigenvalue weighted by Crippen LogP contribution is -2.79. The summed E-state index contributed by atoms with van der Waals surface area (Å²) < 4.78 is 25.2. The maximum absolute atomic E-state index is 15.3. The van der Waals surface area contributed by atoms with Crippen molar-refractivity contribution in [3.8, 4) is 0 Å². The number of aliphatic hydroxyl groups is 1. The van der Waals surface area contributed by atoms with Gasteiger partial charge in [0.05, 0.1) is 26.4 Å². The number of carbonyl (C=O) groups excluding carboxylic acids is 3. The molecule has 6 heterocycles. The minimum atomic E-state index is -2.26. The van der Waals surface area contributed by atoms with Crippen molar-refractivity contribution >= 4 is 51.4 Å². The highest BCUT2D eigenvalue weighted by Crippen LogP contribution is 2.70. The number of likely N-dealkylation sites (tertiary alicyclic amines) is 1. The summed E-state index contributed by atoms with van der Waals surface area (Å²) >= 11 is 2.36. The number of carbonyl (C=O) groups is 3. The third-order valence-electron chi connectivity index (χ3n) is 15.2. The number of hydrogen-bond acceptors (Lipinski definition) is 11. The topological polar surface area (TPSA) is 134 Å². The lowest BCUT2D eigenvalue weighted by molar-refractivity contribution is -0.243. The average Bonchev–Trinajstić information content (AvgIpc) is 3.86. The first-order valence-electron chi connectivity index (χ1n) is 20.7. The minimum absolute atomic E-state index is 0.0581. The molecule has 58 heavy (non-hydrogen) atoms. The standard InChI is InChI=1S/C45H55IN4O8/c1-8-26-17-27-21-44(40(52)56-6,36-30(24-49(22-26)23-27)29-18-28(46)11-12-33(29)47-36)32-19-31-34(20-35(32)55-5)48(4)38-43(31)14-16-50-15-10-13-42(9-2,37(43)50)39(58-25(3)51)45(38,54)41(53)57-7/h10-13,17-20,27,32,35,37-39,47,54H,8-9,14-16,21-24H2,1-7H3/t27-,32?,35?,37+,38-,39-,42-,43?,44+,45+/m1/s1. The summed E-state index contributed by atoms with van der Waals surface area (Å²) in [5, 5.41) is 14.4. The van der Waals surface area contributed by atoms with Crippen LogP contribution in [0.1, 0.15) is 57.7 Å². The summed E-state index contributed by atoms with van der Waals surface area (Å²) in [6.45, 7) is 9.29. The number of allylic oxidation sites excluding steroid dienone is 1. The highest BCUT2D eigenvalue weighted by atomic mass is 127. The van der Waals surface area contributed by atoms with Crippen LogP contribution < -0.4 is 0 Å². The van der Waals surface area contributed by atoms with Gasteiger partial charge in [-0.15, -0.1) is 0 Å². The van der Waals surface area contributed by atoms with E-state index in [1.807, 2.05) is 18.9 Å². The second-order valence-electron chi connectivity index (χ2n) is 17.7. The molecule has 1 aromatic heterocycles. The third kappa shape index (κ3) is 5.15. The molecule has 2 aromatic rings. The van der Waals surface area contributed by atoms with E-state index in [1.165, 1.54) is 26.7 Å². The first-order valence-corrected chi connectivity index (χ1v) is 21.8. The molecule has 1 saturated carbocycles. The predicted molar refractivity (Wildman–Crippen MR) is 225 cm³/mol. The van der Waals surface area contributed by atoms with Gasteiger partial charge >= 0.3 is 17.9 Å². The number of aromatic nitrogens is 1. The fraction of sp³-hybridized carbons (Fsp3) is 0.578. The molecule has 3 fully saturated rings. The number of methoxy groups -OCH3 is 3. The number of likely N-dealkylation sites (N-methyl/N-ethyl adjacent to an activating group) is 1. The van der Waals surface area contributed by atoms with Gasteiger partial charge < -0.3 is 33.9 Å². The summed E-state index contributed by atoms with van der Waals surface area (Å²) in [5.74, 6) is -2.25. The van der Waals surface area contributed by atoms with Crippen LogP contribution in [0, 0.1) is 26.2 Å². The molecule has 7 aliphatic rings. The van der Waals surface area contributed by atoms with Crippen LogP contribution in [0.15, 0.2) is 65.4 Å². The smallest absolute Gasteiger partial charge is 0.344 e. The van der Waals surface area contributed by atoms with Crippen LogP contribution in [-0.4, -0.2) is 127 Å². The van der Waals surface area contributed by atoms with Crippen molar-refractivity contribution in [1.29, 1.82) is 0 Å². The van der Waals surface area contributed by atoms with Gasteiger partial charge in [0, 0.05) is 95.9 Å². The van der Waals surface area contributed by atoms with E-state index < -0.39 is 58.0 Å². The number of hydrogen-bond donors (Lipinski definition) is 2. The number of nitrogens with one attached hydrogen (secondary N) is 1. The van der Waals surface area contributed by atoms with Crippen molar-refractivity contribution in [3.05, 3.63) is 80.3 Å². The largest absolute Gasteiger partial charge is 0.468 e. The molecule has 11 atom stereocenters. The second-order valence-corrected chi connectivity index (χ2v) is 18.9. The van der Waals surface area contributed by atoms with E-state index in [1.54, 1.807) is 7.11 Å².